The Morgan fingerprint density at radius 2 is 2.00 bits per heavy atom. The first kappa shape index (κ1) is 13.4. The summed E-state index contributed by atoms with van der Waals surface area (Å²) in [6, 6.07) is 8.53. The van der Waals surface area contributed by atoms with E-state index in [0.717, 1.165) is 12.8 Å². The number of benzene rings is 1. The number of alkyl halides is 2. The average molecular weight is 255 g/mol. The summed E-state index contributed by atoms with van der Waals surface area (Å²) < 4.78 is 24.2. The Labute approximate surface area is 106 Å². The van der Waals surface area contributed by atoms with Gasteiger partial charge in [0.25, 0.3) is 6.43 Å². The second-order valence-electron chi connectivity index (χ2n) is 5.03. The van der Waals surface area contributed by atoms with Gasteiger partial charge < -0.3 is 10.4 Å². The first-order valence-electron chi connectivity index (χ1n) is 6.33. The van der Waals surface area contributed by atoms with Crippen LogP contribution in [0.2, 0.25) is 0 Å². The van der Waals surface area contributed by atoms with Crippen molar-refractivity contribution in [1.29, 1.82) is 0 Å². The Hall–Kier alpha value is -1.00. The molecule has 1 aromatic carbocycles. The van der Waals surface area contributed by atoms with E-state index in [2.05, 4.69) is 24.4 Å². The van der Waals surface area contributed by atoms with E-state index in [0.29, 0.717) is 5.92 Å². The van der Waals surface area contributed by atoms with Crippen molar-refractivity contribution in [3.63, 3.8) is 0 Å². The molecule has 2 nitrogen and oxygen atoms in total. The van der Waals surface area contributed by atoms with Crippen LogP contribution in [0.5, 0.6) is 0 Å². The van der Waals surface area contributed by atoms with E-state index >= 15 is 0 Å². The minimum atomic E-state index is -2.66. The summed E-state index contributed by atoms with van der Waals surface area (Å²) in [7, 11) is 0. The largest absolute Gasteiger partial charge is 0.386 e. The van der Waals surface area contributed by atoms with E-state index in [-0.39, 0.29) is 12.6 Å². The molecule has 18 heavy (non-hydrogen) atoms. The lowest BCUT2D eigenvalue weighted by Crippen LogP contribution is -2.44. The highest BCUT2D eigenvalue weighted by Crippen LogP contribution is 2.38. The third-order valence-corrected chi connectivity index (χ3v) is 3.67. The van der Waals surface area contributed by atoms with Gasteiger partial charge in [0.1, 0.15) is 6.10 Å². The summed E-state index contributed by atoms with van der Waals surface area (Å²) in [6.07, 6.45) is -2.30. The Kier molecular flexibility index (Phi) is 4.30. The summed E-state index contributed by atoms with van der Waals surface area (Å²) in [5.74, 6) is 0.521. The second-order valence-corrected chi connectivity index (χ2v) is 5.03. The highest BCUT2D eigenvalue weighted by atomic mass is 19.3. The van der Waals surface area contributed by atoms with Crippen molar-refractivity contribution in [2.45, 2.75) is 44.3 Å². The summed E-state index contributed by atoms with van der Waals surface area (Å²) >= 11 is 0. The summed E-state index contributed by atoms with van der Waals surface area (Å²) in [6.45, 7) is 2.07. The van der Waals surface area contributed by atoms with Crippen LogP contribution in [0.4, 0.5) is 8.78 Å². The molecule has 2 rings (SSSR count). The van der Waals surface area contributed by atoms with Crippen LogP contribution < -0.4 is 5.32 Å². The number of halogens is 2. The number of hydrogen-bond donors (Lipinski definition) is 2. The van der Waals surface area contributed by atoms with Crippen molar-refractivity contribution in [3.05, 3.63) is 35.4 Å². The van der Waals surface area contributed by atoms with Crippen molar-refractivity contribution in [3.8, 4) is 0 Å². The molecule has 0 radical (unpaired) electrons. The van der Waals surface area contributed by atoms with Gasteiger partial charge >= 0.3 is 0 Å². The molecule has 0 aromatic heterocycles. The van der Waals surface area contributed by atoms with Crippen molar-refractivity contribution in [2.24, 2.45) is 0 Å². The van der Waals surface area contributed by atoms with E-state index in [1.54, 1.807) is 0 Å². The number of aryl methyl sites for hydroxylation is 1. The number of hydrogen-bond acceptors (Lipinski definition) is 2. The fourth-order valence-corrected chi connectivity index (χ4v) is 2.46. The molecule has 0 spiro atoms. The van der Waals surface area contributed by atoms with Crippen LogP contribution in [0.25, 0.3) is 0 Å². The third-order valence-electron chi connectivity index (χ3n) is 3.67. The van der Waals surface area contributed by atoms with Crippen LogP contribution in [0.15, 0.2) is 24.3 Å². The minimum Gasteiger partial charge on any atom is -0.386 e. The SMILES string of the molecule is Cc1ccccc1C1CC(NCC(O)C(F)F)C1. The monoisotopic (exact) mass is 255 g/mol. The fourth-order valence-electron chi connectivity index (χ4n) is 2.46. The molecule has 2 N–H and O–H groups in total. The van der Waals surface area contributed by atoms with Gasteiger partial charge in [0.05, 0.1) is 0 Å². The van der Waals surface area contributed by atoms with Gasteiger partial charge in [-0.1, -0.05) is 24.3 Å². The molecule has 1 saturated carbocycles. The minimum absolute atomic E-state index is 0.0250. The van der Waals surface area contributed by atoms with E-state index < -0.39 is 12.5 Å². The van der Waals surface area contributed by atoms with Crippen molar-refractivity contribution >= 4 is 0 Å². The molecular formula is C14H19F2NO. The lowest BCUT2D eigenvalue weighted by Gasteiger charge is -2.37. The Bertz CT molecular complexity index is 391. The summed E-state index contributed by atoms with van der Waals surface area (Å²) in [5, 5.41) is 12.0. The molecule has 1 aliphatic rings. The Morgan fingerprint density at radius 3 is 2.61 bits per heavy atom. The van der Waals surface area contributed by atoms with Gasteiger partial charge in [0, 0.05) is 12.6 Å². The fraction of sp³-hybridized carbons (Fsp3) is 0.571. The molecule has 1 aromatic rings. The smallest absolute Gasteiger partial charge is 0.265 e. The molecule has 4 heteroatoms. The first-order chi connectivity index (χ1) is 8.58. The predicted molar refractivity (Wildman–Crippen MR) is 67.0 cm³/mol. The maximum atomic E-state index is 12.1. The lowest BCUT2D eigenvalue weighted by atomic mass is 9.74. The summed E-state index contributed by atoms with van der Waals surface area (Å²) in [5.41, 5.74) is 2.64. The molecule has 0 amide bonds. The maximum Gasteiger partial charge on any atom is 0.265 e. The van der Waals surface area contributed by atoms with Crippen molar-refractivity contribution in [1.82, 2.24) is 5.32 Å². The highest BCUT2D eigenvalue weighted by Gasteiger charge is 2.31. The number of aliphatic hydroxyl groups is 1. The van der Waals surface area contributed by atoms with E-state index in [9.17, 15) is 8.78 Å². The van der Waals surface area contributed by atoms with Crippen LogP contribution in [0.1, 0.15) is 29.9 Å². The molecule has 1 aliphatic carbocycles. The molecule has 100 valence electrons. The normalized spacial score (nSPS) is 24.9. The van der Waals surface area contributed by atoms with Crippen LogP contribution in [0.3, 0.4) is 0 Å². The van der Waals surface area contributed by atoms with Gasteiger partial charge in [-0.25, -0.2) is 8.78 Å². The second kappa shape index (κ2) is 5.76. The van der Waals surface area contributed by atoms with E-state index in [1.807, 2.05) is 12.1 Å². The van der Waals surface area contributed by atoms with Gasteiger partial charge in [-0.05, 0) is 36.8 Å². The van der Waals surface area contributed by atoms with Crippen molar-refractivity contribution < 1.29 is 13.9 Å². The zero-order valence-electron chi connectivity index (χ0n) is 10.4. The lowest BCUT2D eigenvalue weighted by molar-refractivity contribution is -0.00634. The number of nitrogens with one attached hydrogen (secondary N) is 1. The molecule has 0 heterocycles. The predicted octanol–water partition coefficient (Wildman–Crippen LogP) is 2.46. The van der Waals surface area contributed by atoms with Crippen molar-refractivity contribution in [2.75, 3.05) is 6.54 Å². The van der Waals surface area contributed by atoms with Crippen LogP contribution >= 0.6 is 0 Å². The quantitative estimate of drug-likeness (QED) is 0.847. The molecular weight excluding hydrogens is 236 g/mol. The van der Waals surface area contributed by atoms with E-state index in [4.69, 9.17) is 5.11 Å². The van der Waals surface area contributed by atoms with Gasteiger partial charge in [-0.15, -0.1) is 0 Å². The number of aliphatic hydroxyl groups excluding tert-OH is 1. The maximum absolute atomic E-state index is 12.1. The van der Waals surface area contributed by atoms with Gasteiger partial charge in [0.2, 0.25) is 0 Å². The highest BCUT2D eigenvalue weighted by molar-refractivity contribution is 5.31. The van der Waals surface area contributed by atoms with Gasteiger partial charge in [0.15, 0.2) is 0 Å². The van der Waals surface area contributed by atoms with E-state index in [1.165, 1.54) is 11.1 Å². The Morgan fingerprint density at radius 1 is 1.33 bits per heavy atom. The standard InChI is InChI=1S/C14H19F2NO/c1-9-4-2-3-5-12(9)10-6-11(7-10)17-8-13(18)14(15)16/h2-5,10-11,13-14,17-18H,6-8H2,1H3. The third kappa shape index (κ3) is 3.06. The zero-order valence-corrected chi connectivity index (χ0v) is 10.4. The molecule has 1 unspecified atom stereocenters. The zero-order chi connectivity index (χ0) is 13.1. The summed E-state index contributed by atoms with van der Waals surface area (Å²) in [4.78, 5) is 0. The van der Waals surface area contributed by atoms with Gasteiger partial charge in [-0.2, -0.15) is 0 Å². The van der Waals surface area contributed by atoms with Crippen LogP contribution in [-0.2, 0) is 0 Å². The topological polar surface area (TPSA) is 32.3 Å². The van der Waals surface area contributed by atoms with Crippen LogP contribution in [0, 0.1) is 6.92 Å². The Balaban J connectivity index is 1.76. The molecule has 0 aliphatic heterocycles. The average Bonchev–Trinajstić information content (AvgIpc) is 2.28. The molecule has 1 atom stereocenters. The van der Waals surface area contributed by atoms with Crippen LogP contribution in [-0.4, -0.2) is 30.2 Å². The number of rotatable bonds is 5. The molecule has 0 saturated heterocycles. The molecule has 1 fully saturated rings. The van der Waals surface area contributed by atoms with Gasteiger partial charge in [-0.3, -0.25) is 0 Å². The first-order valence-corrected chi connectivity index (χ1v) is 6.33. The molecule has 0 bridgehead atoms.